The Kier molecular flexibility index (Phi) is 5.78. The summed E-state index contributed by atoms with van der Waals surface area (Å²) in [7, 11) is 3.33. The molecule has 1 atom stereocenters. The predicted octanol–water partition coefficient (Wildman–Crippen LogP) is 3.71. The van der Waals surface area contributed by atoms with Crippen molar-refractivity contribution in [2.24, 2.45) is 0 Å². The summed E-state index contributed by atoms with van der Waals surface area (Å²) in [6.45, 7) is 5.25. The van der Waals surface area contributed by atoms with Gasteiger partial charge in [-0.2, -0.15) is 0 Å². The second kappa shape index (κ2) is 8.23. The molecule has 0 aromatic heterocycles. The molecule has 1 heterocycles. The number of methoxy groups -OCH3 is 2. The number of benzene rings is 2. The van der Waals surface area contributed by atoms with Crippen LogP contribution in [0.3, 0.4) is 0 Å². The van der Waals surface area contributed by atoms with E-state index >= 15 is 0 Å². The van der Waals surface area contributed by atoms with Gasteiger partial charge in [0.05, 0.1) is 20.3 Å². The van der Waals surface area contributed by atoms with Gasteiger partial charge in [0.2, 0.25) is 0 Å². The number of thiocarbonyl (C=S) groups is 1. The third kappa shape index (κ3) is 3.53. The van der Waals surface area contributed by atoms with Gasteiger partial charge in [0.15, 0.2) is 16.6 Å². The Morgan fingerprint density at radius 3 is 2.58 bits per heavy atom. The number of ether oxygens (including phenoxy) is 2. The Balaban J connectivity index is 2.08. The van der Waals surface area contributed by atoms with E-state index in [-0.39, 0.29) is 6.04 Å². The van der Waals surface area contributed by atoms with Crippen LogP contribution in [-0.2, 0) is 6.42 Å². The minimum absolute atomic E-state index is 0.0320. The van der Waals surface area contributed by atoms with Gasteiger partial charge in [0.1, 0.15) is 0 Å². The molecule has 0 fully saturated rings. The molecular weight excluding hydrogens is 344 g/mol. The highest BCUT2D eigenvalue weighted by Gasteiger charge is 2.31. The van der Waals surface area contributed by atoms with Crippen LogP contribution >= 0.6 is 12.2 Å². The van der Waals surface area contributed by atoms with Crippen molar-refractivity contribution in [3.8, 4) is 11.5 Å². The number of hydrogen-bond acceptors (Lipinski definition) is 3. The van der Waals surface area contributed by atoms with Gasteiger partial charge in [0, 0.05) is 13.1 Å². The molecule has 1 aliphatic rings. The maximum absolute atomic E-state index is 5.67. The largest absolute Gasteiger partial charge is 0.493 e. The van der Waals surface area contributed by atoms with Gasteiger partial charge in [-0.3, -0.25) is 0 Å². The molecule has 1 N–H and O–H groups in total. The van der Waals surface area contributed by atoms with Crippen molar-refractivity contribution in [2.45, 2.75) is 12.5 Å². The molecule has 4 nitrogen and oxygen atoms in total. The van der Waals surface area contributed by atoms with Gasteiger partial charge in [0.25, 0.3) is 0 Å². The molecule has 0 saturated carbocycles. The van der Waals surface area contributed by atoms with E-state index in [1.807, 2.05) is 12.1 Å². The molecule has 136 valence electrons. The van der Waals surface area contributed by atoms with Gasteiger partial charge in [-0.05, 0) is 47.5 Å². The average molecular weight is 369 g/mol. The van der Waals surface area contributed by atoms with E-state index in [9.17, 15) is 0 Å². The van der Waals surface area contributed by atoms with Crippen molar-refractivity contribution in [1.82, 2.24) is 10.2 Å². The fraction of sp³-hybridized carbons (Fsp3) is 0.286. The molecule has 0 saturated heterocycles. The maximum atomic E-state index is 5.67. The topological polar surface area (TPSA) is 33.7 Å². The fourth-order valence-corrected chi connectivity index (χ4v) is 3.70. The van der Waals surface area contributed by atoms with Gasteiger partial charge < -0.3 is 19.7 Å². The SMILES string of the molecule is C=CCNC(=S)N1CCc2cc(OC)c(OC)cc2[C@@H]1c1ccccc1. The fourth-order valence-electron chi connectivity index (χ4n) is 3.42. The first kappa shape index (κ1) is 18.3. The van der Waals surface area contributed by atoms with Crippen LogP contribution in [0.5, 0.6) is 11.5 Å². The minimum Gasteiger partial charge on any atom is -0.493 e. The molecule has 3 rings (SSSR count). The van der Waals surface area contributed by atoms with Crippen LogP contribution in [0.4, 0.5) is 0 Å². The summed E-state index contributed by atoms with van der Waals surface area (Å²) in [4.78, 5) is 2.24. The number of rotatable bonds is 5. The second-order valence-corrected chi connectivity index (χ2v) is 6.52. The Labute approximate surface area is 160 Å². The molecule has 0 amide bonds. The molecular formula is C21H24N2O2S. The van der Waals surface area contributed by atoms with Crippen LogP contribution in [0, 0.1) is 0 Å². The summed E-state index contributed by atoms with van der Waals surface area (Å²) in [5.74, 6) is 1.50. The van der Waals surface area contributed by atoms with E-state index in [1.54, 1.807) is 14.2 Å². The highest BCUT2D eigenvalue weighted by atomic mass is 32.1. The van der Waals surface area contributed by atoms with Crippen LogP contribution in [-0.4, -0.2) is 37.3 Å². The standard InChI is InChI=1S/C21H24N2O2S/c1-4-11-22-21(26)23-12-10-16-13-18(24-2)19(25-3)14-17(16)20(23)15-8-6-5-7-9-15/h4-9,13-14,20H,1,10-12H2,2-3H3,(H,22,26)/t20-/m0/s1. The van der Waals surface area contributed by atoms with Crippen molar-refractivity contribution >= 4 is 17.3 Å². The third-order valence-corrected chi connectivity index (χ3v) is 5.03. The molecule has 26 heavy (non-hydrogen) atoms. The predicted molar refractivity (Wildman–Crippen MR) is 109 cm³/mol. The molecule has 0 bridgehead atoms. The van der Waals surface area contributed by atoms with Crippen molar-refractivity contribution in [3.05, 3.63) is 71.8 Å². The summed E-state index contributed by atoms with van der Waals surface area (Å²) < 4.78 is 11.0. The minimum atomic E-state index is 0.0320. The van der Waals surface area contributed by atoms with Crippen LogP contribution in [0.15, 0.2) is 55.1 Å². The highest BCUT2D eigenvalue weighted by Crippen LogP contribution is 2.40. The van der Waals surface area contributed by atoms with E-state index in [0.717, 1.165) is 29.6 Å². The summed E-state index contributed by atoms with van der Waals surface area (Å²) in [5.41, 5.74) is 3.66. The second-order valence-electron chi connectivity index (χ2n) is 6.14. The number of nitrogens with zero attached hydrogens (tertiary/aromatic N) is 1. The van der Waals surface area contributed by atoms with E-state index in [0.29, 0.717) is 6.54 Å². The van der Waals surface area contributed by atoms with Crippen LogP contribution < -0.4 is 14.8 Å². The number of nitrogens with one attached hydrogen (secondary N) is 1. The smallest absolute Gasteiger partial charge is 0.169 e. The Bertz CT molecular complexity index is 792. The number of fused-ring (bicyclic) bond motifs is 1. The van der Waals surface area contributed by atoms with E-state index in [1.165, 1.54) is 16.7 Å². The first-order valence-corrected chi connectivity index (χ1v) is 9.05. The third-order valence-electron chi connectivity index (χ3n) is 4.65. The van der Waals surface area contributed by atoms with Crippen molar-refractivity contribution < 1.29 is 9.47 Å². The Hall–Kier alpha value is -2.53. The summed E-state index contributed by atoms with van der Waals surface area (Å²) in [6, 6.07) is 14.6. The molecule has 0 spiro atoms. The Morgan fingerprint density at radius 1 is 1.23 bits per heavy atom. The van der Waals surface area contributed by atoms with Gasteiger partial charge in [-0.25, -0.2) is 0 Å². The summed E-state index contributed by atoms with van der Waals surface area (Å²) in [5, 5.41) is 4.00. The van der Waals surface area contributed by atoms with E-state index in [4.69, 9.17) is 21.7 Å². The summed E-state index contributed by atoms with van der Waals surface area (Å²) in [6.07, 6.45) is 2.71. The normalized spacial score (nSPS) is 15.8. The van der Waals surface area contributed by atoms with Crippen LogP contribution in [0.1, 0.15) is 22.7 Å². The van der Waals surface area contributed by atoms with E-state index in [2.05, 4.69) is 53.2 Å². The zero-order valence-corrected chi connectivity index (χ0v) is 16.0. The lowest BCUT2D eigenvalue weighted by Crippen LogP contribution is -2.45. The summed E-state index contributed by atoms with van der Waals surface area (Å²) >= 11 is 5.67. The van der Waals surface area contributed by atoms with Gasteiger partial charge in [-0.15, -0.1) is 6.58 Å². The van der Waals surface area contributed by atoms with Crippen molar-refractivity contribution in [3.63, 3.8) is 0 Å². The molecule has 2 aromatic rings. The first-order chi connectivity index (χ1) is 12.7. The van der Waals surface area contributed by atoms with Crippen LogP contribution in [0.25, 0.3) is 0 Å². The monoisotopic (exact) mass is 368 g/mol. The molecule has 0 unspecified atom stereocenters. The van der Waals surface area contributed by atoms with Crippen LogP contribution in [0.2, 0.25) is 0 Å². The number of hydrogen-bond donors (Lipinski definition) is 1. The molecule has 5 heteroatoms. The lowest BCUT2D eigenvalue weighted by atomic mass is 9.88. The maximum Gasteiger partial charge on any atom is 0.169 e. The van der Waals surface area contributed by atoms with Gasteiger partial charge >= 0.3 is 0 Å². The zero-order chi connectivity index (χ0) is 18.5. The molecule has 0 radical (unpaired) electrons. The molecule has 1 aliphatic heterocycles. The van der Waals surface area contributed by atoms with E-state index < -0.39 is 0 Å². The zero-order valence-electron chi connectivity index (χ0n) is 15.2. The first-order valence-electron chi connectivity index (χ1n) is 8.64. The lowest BCUT2D eigenvalue weighted by Gasteiger charge is -2.39. The van der Waals surface area contributed by atoms with Gasteiger partial charge in [-0.1, -0.05) is 36.4 Å². The molecule has 2 aromatic carbocycles. The highest BCUT2D eigenvalue weighted by molar-refractivity contribution is 7.80. The quantitative estimate of drug-likeness (QED) is 0.643. The van der Waals surface area contributed by atoms with Crippen molar-refractivity contribution in [2.75, 3.05) is 27.3 Å². The lowest BCUT2D eigenvalue weighted by molar-refractivity contribution is 0.325. The van der Waals surface area contributed by atoms with Crippen molar-refractivity contribution in [1.29, 1.82) is 0 Å². The molecule has 0 aliphatic carbocycles. The average Bonchev–Trinajstić information content (AvgIpc) is 2.70. The Morgan fingerprint density at radius 2 is 1.92 bits per heavy atom.